The van der Waals surface area contributed by atoms with E-state index in [4.69, 9.17) is 9.47 Å². The number of halogens is 1. The molecule has 0 aliphatic carbocycles. The van der Waals surface area contributed by atoms with Crippen LogP contribution in [0.1, 0.15) is 37.7 Å². The molecule has 1 N–H and O–H groups in total. The summed E-state index contributed by atoms with van der Waals surface area (Å²) < 4.78 is 11.9. The highest BCUT2D eigenvalue weighted by atomic mass is 79.9. The summed E-state index contributed by atoms with van der Waals surface area (Å²) in [6.07, 6.45) is 6.86. The number of likely N-dealkylation sites (tertiary alicyclic amines) is 1. The highest BCUT2D eigenvalue weighted by Gasteiger charge is 2.16. The minimum Gasteiger partial charge on any atom is -0.496 e. The molecule has 0 bridgehead atoms. The van der Waals surface area contributed by atoms with Crippen molar-refractivity contribution in [2.45, 2.75) is 38.6 Å². The SMILES string of the molecule is COc1cc(OC)c(C[NH+]2CCCCCCC2)cc1Br. The smallest absolute Gasteiger partial charge is 0.136 e. The number of ether oxygens (including phenoxy) is 2. The van der Waals surface area contributed by atoms with Crippen LogP contribution in [0, 0.1) is 0 Å². The fourth-order valence-electron chi connectivity index (χ4n) is 2.91. The third kappa shape index (κ3) is 4.13. The number of nitrogens with one attached hydrogen (secondary N) is 1. The van der Waals surface area contributed by atoms with Crippen molar-refractivity contribution in [3.63, 3.8) is 0 Å². The van der Waals surface area contributed by atoms with Crippen LogP contribution in [0.3, 0.4) is 0 Å². The van der Waals surface area contributed by atoms with Crippen LogP contribution in [0.25, 0.3) is 0 Å². The average molecular weight is 343 g/mol. The quantitative estimate of drug-likeness (QED) is 0.909. The van der Waals surface area contributed by atoms with Crippen LogP contribution in [0.5, 0.6) is 11.5 Å². The highest BCUT2D eigenvalue weighted by molar-refractivity contribution is 9.10. The molecule has 2 rings (SSSR count). The Morgan fingerprint density at radius 2 is 1.55 bits per heavy atom. The molecular weight excluding hydrogens is 318 g/mol. The summed E-state index contributed by atoms with van der Waals surface area (Å²) in [4.78, 5) is 1.67. The zero-order valence-electron chi connectivity index (χ0n) is 12.5. The molecule has 1 saturated heterocycles. The molecule has 0 amide bonds. The lowest BCUT2D eigenvalue weighted by Crippen LogP contribution is -3.10. The van der Waals surface area contributed by atoms with Crippen molar-refractivity contribution in [1.82, 2.24) is 0 Å². The molecule has 0 aromatic heterocycles. The molecular formula is C16H25BrNO2+. The van der Waals surface area contributed by atoms with E-state index in [1.54, 1.807) is 19.1 Å². The van der Waals surface area contributed by atoms with E-state index in [-0.39, 0.29) is 0 Å². The third-order valence-corrected chi connectivity index (χ3v) is 4.68. The van der Waals surface area contributed by atoms with Gasteiger partial charge in [-0.1, -0.05) is 6.42 Å². The van der Waals surface area contributed by atoms with E-state index in [0.717, 1.165) is 22.5 Å². The van der Waals surface area contributed by atoms with Gasteiger partial charge in [0, 0.05) is 11.6 Å². The zero-order chi connectivity index (χ0) is 14.4. The van der Waals surface area contributed by atoms with Gasteiger partial charge in [0.2, 0.25) is 0 Å². The molecule has 0 spiro atoms. The normalized spacial score (nSPS) is 17.4. The van der Waals surface area contributed by atoms with Crippen LogP contribution < -0.4 is 14.4 Å². The first-order valence-corrected chi connectivity index (χ1v) is 8.28. The zero-order valence-corrected chi connectivity index (χ0v) is 14.1. The van der Waals surface area contributed by atoms with E-state index < -0.39 is 0 Å². The lowest BCUT2D eigenvalue weighted by Gasteiger charge is -2.23. The maximum atomic E-state index is 5.53. The molecule has 0 saturated carbocycles. The fourth-order valence-corrected chi connectivity index (χ4v) is 3.46. The lowest BCUT2D eigenvalue weighted by atomic mass is 10.1. The largest absolute Gasteiger partial charge is 0.496 e. The van der Waals surface area contributed by atoms with Gasteiger partial charge in [0.05, 0.1) is 31.8 Å². The first-order chi connectivity index (χ1) is 9.74. The van der Waals surface area contributed by atoms with Gasteiger partial charge in [-0.05, 0) is 47.7 Å². The summed E-state index contributed by atoms with van der Waals surface area (Å²) in [6, 6.07) is 4.12. The van der Waals surface area contributed by atoms with Crippen LogP contribution >= 0.6 is 15.9 Å². The van der Waals surface area contributed by atoms with Crippen LogP contribution in [0.2, 0.25) is 0 Å². The Balaban J connectivity index is 2.12. The number of benzene rings is 1. The van der Waals surface area contributed by atoms with Gasteiger partial charge in [-0.15, -0.1) is 0 Å². The van der Waals surface area contributed by atoms with Gasteiger partial charge < -0.3 is 14.4 Å². The first kappa shape index (κ1) is 15.6. The molecule has 1 aromatic carbocycles. The van der Waals surface area contributed by atoms with Gasteiger partial charge in [0.25, 0.3) is 0 Å². The average Bonchev–Trinajstić information content (AvgIpc) is 2.42. The minimum atomic E-state index is 0.827. The molecule has 1 aliphatic heterocycles. The van der Waals surface area contributed by atoms with Crippen LogP contribution in [0.4, 0.5) is 0 Å². The minimum absolute atomic E-state index is 0.827. The summed E-state index contributed by atoms with van der Waals surface area (Å²) in [7, 11) is 3.41. The molecule has 0 atom stereocenters. The molecule has 3 nitrogen and oxygen atoms in total. The van der Waals surface area contributed by atoms with E-state index >= 15 is 0 Å². The maximum Gasteiger partial charge on any atom is 0.136 e. The Bertz CT molecular complexity index is 429. The van der Waals surface area contributed by atoms with Crippen LogP contribution in [-0.2, 0) is 6.54 Å². The fraction of sp³-hybridized carbons (Fsp3) is 0.625. The van der Waals surface area contributed by atoms with Gasteiger partial charge in [-0.2, -0.15) is 0 Å². The molecule has 112 valence electrons. The van der Waals surface area contributed by atoms with E-state index in [9.17, 15) is 0 Å². The van der Waals surface area contributed by atoms with Crippen molar-refractivity contribution >= 4 is 15.9 Å². The number of methoxy groups -OCH3 is 2. The summed E-state index contributed by atoms with van der Waals surface area (Å²) in [5.41, 5.74) is 1.26. The van der Waals surface area contributed by atoms with E-state index in [1.807, 2.05) is 6.07 Å². The molecule has 1 aliphatic rings. The first-order valence-electron chi connectivity index (χ1n) is 7.48. The Labute approximate surface area is 130 Å². The molecule has 4 heteroatoms. The molecule has 0 radical (unpaired) electrons. The van der Waals surface area contributed by atoms with E-state index in [2.05, 4.69) is 22.0 Å². The summed E-state index contributed by atoms with van der Waals surface area (Å²) in [5, 5.41) is 0. The van der Waals surface area contributed by atoms with Crippen molar-refractivity contribution in [2.24, 2.45) is 0 Å². The predicted molar refractivity (Wildman–Crippen MR) is 84.7 cm³/mol. The Hall–Kier alpha value is -0.740. The van der Waals surface area contributed by atoms with E-state index in [1.165, 1.54) is 50.8 Å². The van der Waals surface area contributed by atoms with Crippen molar-refractivity contribution in [3.05, 3.63) is 22.2 Å². The third-order valence-electron chi connectivity index (χ3n) is 4.06. The molecule has 0 unspecified atom stereocenters. The molecule has 20 heavy (non-hydrogen) atoms. The van der Waals surface area contributed by atoms with Crippen LogP contribution in [0.15, 0.2) is 16.6 Å². The Kier molecular flexibility index (Phi) is 6.17. The topological polar surface area (TPSA) is 22.9 Å². The maximum absolute atomic E-state index is 5.53. The number of hydrogen-bond acceptors (Lipinski definition) is 2. The highest BCUT2D eigenvalue weighted by Crippen LogP contribution is 2.32. The summed E-state index contributed by atoms with van der Waals surface area (Å²) in [5.74, 6) is 1.76. The second kappa shape index (κ2) is 7.89. The van der Waals surface area contributed by atoms with Crippen molar-refractivity contribution in [3.8, 4) is 11.5 Å². The monoisotopic (exact) mass is 342 g/mol. The Morgan fingerprint density at radius 1 is 0.950 bits per heavy atom. The molecule has 1 aromatic rings. The lowest BCUT2D eigenvalue weighted by molar-refractivity contribution is -0.914. The summed E-state index contributed by atoms with van der Waals surface area (Å²) in [6.45, 7) is 3.57. The second-order valence-electron chi connectivity index (χ2n) is 5.49. The van der Waals surface area contributed by atoms with E-state index in [0.29, 0.717) is 0 Å². The van der Waals surface area contributed by atoms with Crippen molar-refractivity contribution in [1.29, 1.82) is 0 Å². The number of rotatable bonds is 4. The predicted octanol–water partition coefficient (Wildman–Crippen LogP) is 2.82. The van der Waals surface area contributed by atoms with Crippen LogP contribution in [-0.4, -0.2) is 27.3 Å². The van der Waals surface area contributed by atoms with Gasteiger partial charge in [0.15, 0.2) is 0 Å². The van der Waals surface area contributed by atoms with Crippen molar-refractivity contribution in [2.75, 3.05) is 27.3 Å². The molecule has 1 heterocycles. The number of hydrogen-bond donors (Lipinski definition) is 1. The van der Waals surface area contributed by atoms with Crippen molar-refractivity contribution < 1.29 is 14.4 Å². The van der Waals surface area contributed by atoms with Gasteiger partial charge in [-0.25, -0.2) is 0 Å². The second-order valence-corrected chi connectivity index (χ2v) is 6.35. The van der Waals surface area contributed by atoms with Gasteiger partial charge in [-0.3, -0.25) is 0 Å². The number of quaternary nitrogens is 1. The van der Waals surface area contributed by atoms with Gasteiger partial charge in [0.1, 0.15) is 18.0 Å². The Morgan fingerprint density at radius 3 is 2.15 bits per heavy atom. The molecule has 1 fully saturated rings. The summed E-state index contributed by atoms with van der Waals surface area (Å²) >= 11 is 3.57. The van der Waals surface area contributed by atoms with Gasteiger partial charge >= 0.3 is 0 Å². The standard InChI is InChI=1S/C16H24BrNO2/c1-19-15-11-16(20-2)14(17)10-13(15)12-18-8-6-4-3-5-7-9-18/h10-11H,3-9,12H2,1-2H3/p+1.